The first-order valence-electron chi connectivity index (χ1n) is 6.10. The van der Waals surface area contributed by atoms with E-state index in [2.05, 4.69) is 5.32 Å². The van der Waals surface area contributed by atoms with Crippen LogP contribution >= 0.6 is 0 Å². The van der Waals surface area contributed by atoms with Crippen LogP contribution in [0.3, 0.4) is 0 Å². The topological polar surface area (TPSA) is 84.6 Å². The van der Waals surface area contributed by atoms with Gasteiger partial charge in [-0.1, -0.05) is 12.1 Å². The summed E-state index contributed by atoms with van der Waals surface area (Å²) in [6.07, 6.45) is 0. The Morgan fingerprint density at radius 1 is 1.25 bits per heavy atom. The molecular weight excluding hydrogens is 256 g/mol. The summed E-state index contributed by atoms with van der Waals surface area (Å²) in [6.45, 7) is 0.357. The molecule has 0 saturated carbocycles. The minimum absolute atomic E-state index is 0.192. The molecule has 5 nitrogen and oxygen atoms in total. The number of nitrogen functional groups attached to an aromatic ring is 1. The van der Waals surface area contributed by atoms with E-state index < -0.39 is 0 Å². The number of rotatable bonds is 4. The molecule has 2 aromatic rings. The zero-order valence-electron chi connectivity index (χ0n) is 11.1. The molecule has 0 spiro atoms. The van der Waals surface area contributed by atoms with Gasteiger partial charge in [-0.15, -0.1) is 0 Å². The van der Waals surface area contributed by atoms with E-state index in [1.807, 2.05) is 0 Å². The molecule has 0 aliphatic rings. The summed E-state index contributed by atoms with van der Waals surface area (Å²) in [4.78, 5) is 12.1. The third-order valence-electron chi connectivity index (χ3n) is 2.89. The van der Waals surface area contributed by atoms with Gasteiger partial charge in [-0.25, -0.2) is 0 Å². The van der Waals surface area contributed by atoms with Crippen LogP contribution in [0.5, 0.6) is 11.5 Å². The van der Waals surface area contributed by atoms with E-state index >= 15 is 0 Å². The van der Waals surface area contributed by atoms with Crippen molar-refractivity contribution in [1.82, 2.24) is 5.32 Å². The van der Waals surface area contributed by atoms with Gasteiger partial charge >= 0.3 is 0 Å². The average Bonchev–Trinajstić information content (AvgIpc) is 2.47. The van der Waals surface area contributed by atoms with E-state index in [4.69, 9.17) is 10.5 Å². The number of nitrogens with two attached hydrogens (primary N) is 1. The van der Waals surface area contributed by atoms with Gasteiger partial charge in [0.05, 0.1) is 12.7 Å². The highest BCUT2D eigenvalue weighted by atomic mass is 16.5. The van der Waals surface area contributed by atoms with Crippen LogP contribution in [0.2, 0.25) is 0 Å². The van der Waals surface area contributed by atoms with E-state index in [0.717, 1.165) is 5.56 Å². The third-order valence-corrected chi connectivity index (χ3v) is 2.89. The maximum atomic E-state index is 12.1. The lowest BCUT2D eigenvalue weighted by Gasteiger charge is -2.09. The van der Waals surface area contributed by atoms with Crippen molar-refractivity contribution in [2.75, 3.05) is 12.8 Å². The summed E-state index contributed by atoms with van der Waals surface area (Å²) >= 11 is 0. The number of hydrogen-bond donors (Lipinski definition) is 3. The van der Waals surface area contributed by atoms with Crippen molar-refractivity contribution >= 4 is 11.6 Å². The highest BCUT2D eigenvalue weighted by Gasteiger charge is 2.10. The lowest BCUT2D eigenvalue weighted by molar-refractivity contribution is 0.0951. The summed E-state index contributed by atoms with van der Waals surface area (Å²) in [5.74, 6) is 0.501. The largest absolute Gasteiger partial charge is 0.508 e. The van der Waals surface area contributed by atoms with E-state index in [0.29, 0.717) is 23.5 Å². The fourth-order valence-electron chi connectivity index (χ4n) is 1.75. The average molecular weight is 272 g/mol. The number of methoxy groups -OCH3 is 1. The Labute approximate surface area is 117 Å². The molecular formula is C15H16N2O3. The van der Waals surface area contributed by atoms with E-state index in [1.165, 1.54) is 7.11 Å². The predicted octanol–water partition coefficient (Wildman–Crippen LogP) is 1.91. The fourth-order valence-corrected chi connectivity index (χ4v) is 1.75. The third kappa shape index (κ3) is 3.20. The normalized spacial score (nSPS) is 10.1. The number of carbonyl (C=O) groups excluding carboxylic acids is 1. The number of nitrogens with one attached hydrogen (secondary N) is 1. The van der Waals surface area contributed by atoms with Crippen LogP contribution < -0.4 is 15.8 Å². The number of phenolic OH excluding ortho intramolecular Hbond substituents is 1. The Hall–Kier alpha value is -2.69. The second-order valence-electron chi connectivity index (χ2n) is 4.30. The number of ether oxygens (including phenoxy) is 1. The molecule has 0 aliphatic carbocycles. The Bertz CT molecular complexity index is 609. The molecule has 5 heteroatoms. The minimum Gasteiger partial charge on any atom is -0.508 e. The first-order chi connectivity index (χ1) is 9.60. The van der Waals surface area contributed by atoms with Gasteiger partial charge in [-0.2, -0.15) is 0 Å². The smallest absolute Gasteiger partial charge is 0.253 e. The van der Waals surface area contributed by atoms with Crippen LogP contribution in [0.25, 0.3) is 0 Å². The summed E-state index contributed by atoms with van der Waals surface area (Å²) in [5, 5.41) is 12.0. The number of benzene rings is 2. The SMILES string of the molecule is COc1ccc(N)c(C(=O)NCc2ccc(O)cc2)c1. The second kappa shape index (κ2) is 5.97. The summed E-state index contributed by atoms with van der Waals surface area (Å²) in [5.41, 5.74) is 7.45. The van der Waals surface area contributed by atoms with Crippen LogP contribution in [-0.2, 0) is 6.54 Å². The first-order valence-corrected chi connectivity index (χ1v) is 6.10. The number of hydrogen-bond acceptors (Lipinski definition) is 4. The summed E-state index contributed by atoms with van der Waals surface area (Å²) in [7, 11) is 1.53. The van der Waals surface area contributed by atoms with Crippen molar-refractivity contribution in [3.05, 3.63) is 53.6 Å². The van der Waals surface area contributed by atoms with Gasteiger partial charge in [0.15, 0.2) is 0 Å². The second-order valence-corrected chi connectivity index (χ2v) is 4.30. The molecule has 0 heterocycles. The molecule has 2 aromatic carbocycles. The molecule has 0 aromatic heterocycles. The van der Waals surface area contributed by atoms with Crippen molar-refractivity contribution in [1.29, 1.82) is 0 Å². The molecule has 4 N–H and O–H groups in total. The molecule has 1 amide bonds. The van der Waals surface area contributed by atoms with Gasteiger partial charge in [-0.05, 0) is 35.9 Å². The number of aromatic hydroxyl groups is 1. The van der Waals surface area contributed by atoms with Crippen LogP contribution in [-0.4, -0.2) is 18.1 Å². The lowest BCUT2D eigenvalue weighted by atomic mass is 10.1. The van der Waals surface area contributed by atoms with Gasteiger partial charge in [0.2, 0.25) is 0 Å². The number of amides is 1. The molecule has 0 saturated heterocycles. The highest BCUT2D eigenvalue weighted by molar-refractivity contribution is 5.99. The summed E-state index contributed by atoms with van der Waals surface area (Å²) < 4.78 is 5.07. The maximum absolute atomic E-state index is 12.1. The Morgan fingerprint density at radius 2 is 1.95 bits per heavy atom. The van der Waals surface area contributed by atoms with E-state index in [1.54, 1.807) is 42.5 Å². The van der Waals surface area contributed by atoms with Crippen molar-refractivity contribution in [3.63, 3.8) is 0 Å². The van der Waals surface area contributed by atoms with Gasteiger partial charge in [0, 0.05) is 12.2 Å². The molecule has 104 valence electrons. The lowest BCUT2D eigenvalue weighted by Crippen LogP contribution is -2.23. The number of phenols is 1. The highest BCUT2D eigenvalue weighted by Crippen LogP contribution is 2.19. The molecule has 0 radical (unpaired) electrons. The van der Waals surface area contributed by atoms with Crippen molar-refractivity contribution in [2.24, 2.45) is 0 Å². The van der Waals surface area contributed by atoms with E-state index in [9.17, 15) is 9.90 Å². The molecule has 0 unspecified atom stereocenters. The van der Waals surface area contributed by atoms with Crippen LogP contribution in [0, 0.1) is 0 Å². The number of carbonyl (C=O) groups is 1. The van der Waals surface area contributed by atoms with Crippen LogP contribution in [0.4, 0.5) is 5.69 Å². The van der Waals surface area contributed by atoms with Crippen molar-refractivity contribution in [2.45, 2.75) is 6.54 Å². The Kier molecular flexibility index (Phi) is 4.10. The fraction of sp³-hybridized carbons (Fsp3) is 0.133. The van der Waals surface area contributed by atoms with Crippen LogP contribution in [0.15, 0.2) is 42.5 Å². The van der Waals surface area contributed by atoms with Gasteiger partial charge < -0.3 is 20.9 Å². The van der Waals surface area contributed by atoms with Crippen molar-refractivity contribution in [3.8, 4) is 11.5 Å². The quantitative estimate of drug-likeness (QED) is 0.742. The predicted molar refractivity (Wildman–Crippen MR) is 76.7 cm³/mol. The maximum Gasteiger partial charge on any atom is 0.253 e. The number of anilines is 1. The monoisotopic (exact) mass is 272 g/mol. The molecule has 0 atom stereocenters. The molecule has 20 heavy (non-hydrogen) atoms. The zero-order valence-corrected chi connectivity index (χ0v) is 11.1. The van der Waals surface area contributed by atoms with Crippen molar-refractivity contribution < 1.29 is 14.6 Å². The molecule has 2 rings (SSSR count). The van der Waals surface area contributed by atoms with Crippen LogP contribution in [0.1, 0.15) is 15.9 Å². The Balaban J connectivity index is 2.06. The molecule has 0 aliphatic heterocycles. The van der Waals surface area contributed by atoms with Gasteiger partial charge in [0.25, 0.3) is 5.91 Å². The summed E-state index contributed by atoms with van der Waals surface area (Å²) in [6, 6.07) is 11.6. The molecule has 0 fully saturated rings. The van der Waals surface area contributed by atoms with Gasteiger partial charge in [-0.3, -0.25) is 4.79 Å². The Morgan fingerprint density at radius 3 is 2.60 bits per heavy atom. The minimum atomic E-state index is -0.269. The molecule has 0 bridgehead atoms. The zero-order chi connectivity index (χ0) is 14.5. The van der Waals surface area contributed by atoms with Gasteiger partial charge in [0.1, 0.15) is 11.5 Å². The first kappa shape index (κ1) is 13.7. The standard InChI is InChI=1S/C15H16N2O3/c1-20-12-6-7-14(16)13(8-12)15(19)17-9-10-2-4-11(18)5-3-10/h2-8,18H,9,16H2,1H3,(H,17,19). The van der Waals surface area contributed by atoms with E-state index in [-0.39, 0.29) is 11.7 Å².